The zero-order valence-electron chi connectivity index (χ0n) is 15.4. The first-order valence-electron chi connectivity index (χ1n) is 8.16. The smallest absolute Gasteiger partial charge is 0.375 e. The molecular weight excluding hydrogens is 328 g/mol. The van der Waals surface area contributed by atoms with Gasteiger partial charge in [0.25, 0.3) is 5.76 Å². The molecule has 0 bridgehead atoms. The fourth-order valence-corrected chi connectivity index (χ4v) is 2.60. The highest BCUT2D eigenvalue weighted by Gasteiger charge is 2.37. The average Bonchev–Trinajstić information content (AvgIpc) is 2.45. The van der Waals surface area contributed by atoms with E-state index < -0.39 is 25.5 Å². The normalized spacial score (nSPS) is 12.2. The van der Waals surface area contributed by atoms with Crippen molar-refractivity contribution in [1.82, 2.24) is 0 Å². The summed E-state index contributed by atoms with van der Waals surface area (Å²) in [5.41, 5.74) is -0.497. The van der Waals surface area contributed by atoms with Crippen LogP contribution < -0.4 is 10.2 Å². The van der Waals surface area contributed by atoms with E-state index in [2.05, 4.69) is 33.9 Å². The van der Waals surface area contributed by atoms with Gasteiger partial charge in [-0.1, -0.05) is 34.1 Å². The van der Waals surface area contributed by atoms with Crippen molar-refractivity contribution in [2.75, 3.05) is 6.61 Å². The highest BCUT2D eigenvalue weighted by atomic mass is 28.4. The first kappa shape index (κ1) is 20.4. The number of carbonyl (C=O) groups is 1. The average molecular weight is 356 g/mol. The molecule has 0 spiro atoms. The van der Waals surface area contributed by atoms with Crippen LogP contribution in [0.4, 0.5) is 0 Å². The number of ether oxygens (including phenoxy) is 1. The number of unbranched alkanes of at least 4 members (excludes halogenated alkanes) is 1. The van der Waals surface area contributed by atoms with Crippen LogP contribution in [0.5, 0.6) is 5.75 Å². The highest BCUT2D eigenvalue weighted by molar-refractivity contribution is 6.74. The maximum atomic E-state index is 12.2. The van der Waals surface area contributed by atoms with Gasteiger partial charge in [0.2, 0.25) is 11.2 Å². The van der Waals surface area contributed by atoms with Crippen molar-refractivity contribution in [3.8, 4) is 5.75 Å². The van der Waals surface area contributed by atoms with Crippen LogP contribution in [0.1, 0.15) is 56.9 Å². The lowest BCUT2D eigenvalue weighted by molar-refractivity contribution is 0.0644. The molecule has 0 aliphatic carbocycles. The number of carboxylic acids is 1. The predicted octanol–water partition coefficient (Wildman–Crippen LogP) is 4.04. The van der Waals surface area contributed by atoms with E-state index in [9.17, 15) is 14.7 Å². The molecule has 24 heavy (non-hydrogen) atoms. The van der Waals surface area contributed by atoms with Crippen molar-refractivity contribution in [1.29, 1.82) is 0 Å². The topological polar surface area (TPSA) is 86.0 Å². The Morgan fingerprint density at radius 1 is 1.33 bits per heavy atom. The standard InChI is InChI=1S/C17H28O6Si/c1-7-8-9-21-14-13(18)10-12(23-15(14)16(19)20)11-22-24(5,6)17(2,3)4/h10H,7-9,11H2,1-6H3,(H,19,20). The summed E-state index contributed by atoms with van der Waals surface area (Å²) in [6, 6.07) is 1.25. The molecule has 1 rings (SSSR count). The molecule has 0 fully saturated rings. The Balaban J connectivity index is 3.03. The van der Waals surface area contributed by atoms with Gasteiger partial charge in [-0.3, -0.25) is 4.79 Å². The van der Waals surface area contributed by atoms with Crippen molar-refractivity contribution in [3.63, 3.8) is 0 Å². The van der Waals surface area contributed by atoms with Crippen LogP contribution in [0.3, 0.4) is 0 Å². The van der Waals surface area contributed by atoms with Crippen molar-refractivity contribution >= 4 is 14.3 Å². The van der Waals surface area contributed by atoms with Gasteiger partial charge in [0.05, 0.1) is 13.2 Å². The Bertz CT molecular complexity index is 627. The number of hydrogen-bond acceptors (Lipinski definition) is 5. The molecule has 0 aliphatic heterocycles. The first-order chi connectivity index (χ1) is 11.0. The molecule has 0 aromatic carbocycles. The molecule has 1 aromatic heterocycles. The summed E-state index contributed by atoms with van der Waals surface area (Å²) in [6.07, 6.45) is 1.61. The van der Waals surface area contributed by atoms with E-state index >= 15 is 0 Å². The molecule has 7 heteroatoms. The van der Waals surface area contributed by atoms with Crippen molar-refractivity contribution in [3.05, 3.63) is 27.8 Å². The maximum Gasteiger partial charge on any atom is 0.375 e. The molecule has 0 unspecified atom stereocenters. The third-order valence-electron chi connectivity index (χ3n) is 4.28. The molecule has 1 aromatic rings. The molecule has 0 atom stereocenters. The lowest BCUT2D eigenvalue weighted by Gasteiger charge is -2.35. The number of hydrogen-bond donors (Lipinski definition) is 1. The molecule has 6 nitrogen and oxygen atoms in total. The van der Waals surface area contributed by atoms with E-state index in [-0.39, 0.29) is 29.8 Å². The van der Waals surface area contributed by atoms with Gasteiger partial charge in [-0.2, -0.15) is 0 Å². The Kier molecular flexibility index (Phi) is 6.80. The van der Waals surface area contributed by atoms with Crippen LogP contribution in [0, 0.1) is 0 Å². The highest BCUT2D eigenvalue weighted by Crippen LogP contribution is 2.37. The Morgan fingerprint density at radius 3 is 2.46 bits per heavy atom. The first-order valence-corrected chi connectivity index (χ1v) is 11.1. The van der Waals surface area contributed by atoms with Gasteiger partial charge in [0.15, 0.2) is 8.32 Å². The van der Waals surface area contributed by atoms with Gasteiger partial charge < -0.3 is 18.7 Å². The second-order valence-corrected chi connectivity index (χ2v) is 12.1. The minimum absolute atomic E-state index is 0.00608. The van der Waals surface area contributed by atoms with Crippen LogP contribution in [0.25, 0.3) is 0 Å². The molecule has 136 valence electrons. The lowest BCUT2D eigenvalue weighted by Crippen LogP contribution is -2.40. The largest absolute Gasteiger partial charge is 0.486 e. The van der Waals surface area contributed by atoms with Crippen molar-refractivity contribution in [2.45, 2.75) is 65.3 Å². The lowest BCUT2D eigenvalue weighted by atomic mass is 10.2. The molecule has 0 aliphatic rings. The fourth-order valence-electron chi connectivity index (χ4n) is 1.67. The van der Waals surface area contributed by atoms with Gasteiger partial charge in [-0.25, -0.2) is 4.79 Å². The minimum atomic E-state index is -2.03. The zero-order valence-corrected chi connectivity index (χ0v) is 16.4. The Labute approximate surface area is 143 Å². The van der Waals surface area contributed by atoms with E-state index in [1.54, 1.807) is 0 Å². The third-order valence-corrected chi connectivity index (χ3v) is 8.75. The molecule has 1 N–H and O–H groups in total. The van der Waals surface area contributed by atoms with Gasteiger partial charge in [-0.05, 0) is 24.6 Å². The van der Waals surface area contributed by atoms with Gasteiger partial charge in [0, 0.05) is 6.07 Å². The third kappa shape index (κ3) is 5.21. The van der Waals surface area contributed by atoms with Gasteiger partial charge >= 0.3 is 5.97 Å². The van der Waals surface area contributed by atoms with E-state index in [1.165, 1.54) is 6.07 Å². The number of carboxylic acid groups (broad SMARTS) is 1. The number of rotatable bonds is 8. The second kappa shape index (κ2) is 7.98. The molecule has 1 heterocycles. The van der Waals surface area contributed by atoms with Crippen LogP contribution in [-0.4, -0.2) is 26.0 Å². The van der Waals surface area contributed by atoms with Crippen LogP contribution in [-0.2, 0) is 11.0 Å². The summed E-state index contributed by atoms with van der Waals surface area (Å²) in [6.45, 7) is 12.8. The second-order valence-electron chi connectivity index (χ2n) is 7.29. The van der Waals surface area contributed by atoms with Gasteiger partial charge in [-0.15, -0.1) is 0 Å². The van der Waals surface area contributed by atoms with E-state index in [1.807, 2.05) is 6.92 Å². The molecule has 0 radical (unpaired) electrons. The van der Waals surface area contributed by atoms with Crippen LogP contribution in [0.15, 0.2) is 15.3 Å². The van der Waals surface area contributed by atoms with E-state index in [0.29, 0.717) is 0 Å². The summed E-state index contributed by atoms with van der Waals surface area (Å²) in [5.74, 6) is -1.84. The summed E-state index contributed by atoms with van der Waals surface area (Å²) in [5, 5.41) is 9.29. The predicted molar refractivity (Wildman–Crippen MR) is 94.3 cm³/mol. The summed E-state index contributed by atoms with van der Waals surface area (Å²) in [7, 11) is -2.03. The van der Waals surface area contributed by atoms with Crippen molar-refractivity contribution in [2.24, 2.45) is 0 Å². The summed E-state index contributed by atoms with van der Waals surface area (Å²) in [4.78, 5) is 23.6. The van der Waals surface area contributed by atoms with Crippen molar-refractivity contribution < 1.29 is 23.5 Å². The molecule has 0 saturated carbocycles. The van der Waals surface area contributed by atoms with E-state index in [4.69, 9.17) is 13.6 Å². The van der Waals surface area contributed by atoms with Crippen LogP contribution in [0.2, 0.25) is 18.1 Å². The Hall–Kier alpha value is -1.60. The summed E-state index contributed by atoms with van der Waals surface area (Å²) >= 11 is 0. The Morgan fingerprint density at radius 2 is 1.96 bits per heavy atom. The fraction of sp³-hybridized carbons (Fsp3) is 0.647. The molecule has 0 amide bonds. The maximum absolute atomic E-state index is 12.2. The molecular formula is C17H28O6Si. The summed E-state index contributed by atoms with van der Waals surface area (Å²) < 4.78 is 16.6. The van der Waals surface area contributed by atoms with Crippen LogP contribution >= 0.6 is 0 Å². The minimum Gasteiger partial charge on any atom is -0.486 e. The molecule has 0 saturated heterocycles. The van der Waals surface area contributed by atoms with E-state index in [0.717, 1.165) is 12.8 Å². The quantitative estimate of drug-likeness (QED) is 0.559. The SMILES string of the molecule is CCCCOc1c(C(=O)O)oc(CO[Si](C)(C)C(C)(C)C)cc1=O. The van der Waals surface area contributed by atoms with Gasteiger partial charge in [0.1, 0.15) is 5.76 Å². The monoisotopic (exact) mass is 356 g/mol. The zero-order chi connectivity index (χ0) is 18.5. The number of aromatic carboxylic acids is 1.